The van der Waals surface area contributed by atoms with E-state index in [0.29, 0.717) is 29.6 Å². The molecule has 0 bridgehead atoms. The molecule has 5 nitrogen and oxygen atoms in total. The van der Waals surface area contributed by atoms with Crippen molar-refractivity contribution in [3.8, 4) is 11.4 Å². The monoisotopic (exact) mass is 393 g/mol. The van der Waals surface area contributed by atoms with Crippen LogP contribution in [0.25, 0.3) is 11.4 Å². The number of nitrogens with zero attached hydrogens (tertiary/aromatic N) is 5. The Bertz CT molecular complexity index is 927. The van der Waals surface area contributed by atoms with Crippen LogP contribution in [0.15, 0.2) is 36.7 Å². The Kier molecular flexibility index (Phi) is 4.69. The average molecular weight is 394 g/mol. The molecule has 0 spiro atoms. The quantitative estimate of drug-likeness (QED) is 0.676. The van der Waals surface area contributed by atoms with Crippen molar-refractivity contribution < 1.29 is 8.78 Å². The number of anilines is 2. The molecule has 0 unspecified atom stereocenters. The van der Waals surface area contributed by atoms with Crippen molar-refractivity contribution in [2.24, 2.45) is 0 Å². The summed E-state index contributed by atoms with van der Waals surface area (Å²) in [4.78, 5) is 12.8. The highest BCUT2D eigenvalue weighted by atomic mass is 35.5. The van der Waals surface area contributed by atoms with E-state index in [4.69, 9.17) is 11.6 Å². The van der Waals surface area contributed by atoms with Gasteiger partial charge in [-0.1, -0.05) is 11.6 Å². The Morgan fingerprint density at radius 1 is 0.962 bits per heavy atom. The molecule has 0 N–H and O–H groups in total. The Morgan fingerprint density at radius 2 is 1.73 bits per heavy atom. The van der Waals surface area contributed by atoms with Crippen molar-refractivity contribution in [3.05, 3.63) is 53.3 Å². The van der Waals surface area contributed by atoms with Crippen molar-refractivity contribution in [1.29, 1.82) is 0 Å². The van der Waals surface area contributed by atoms with Crippen LogP contribution >= 0.6 is 23.1 Å². The van der Waals surface area contributed by atoms with E-state index in [0.717, 1.165) is 29.9 Å². The van der Waals surface area contributed by atoms with Crippen molar-refractivity contribution in [1.82, 2.24) is 14.3 Å². The van der Waals surface area contributed by atoms with Gasteiger partial charge in [-0.25, -0.2) is 8.78 Å². The van der Waals surface area contributed by atoms with Gasteiger partial charge in [-0.2, -0.15) is 9.36 Å². The summed E-state index contributed by atoms with van der Waals surface area (Å²) in [6.45, 7) is 2.83. The molecule has 9 heteroatoms. The van der Waals surface area contributed by atoms with Gasteiger partial charge in [0, 0.05) is 67.4 Å². The molecule has 26 heavy (non-hydrogen) atoms. The third-order valence-electron chi connectivity index (χ3n) is 4.20. The molecule has 1 aliphatic heterocycles. The van der Waals surface area contributed by atoms with Gasteiger partial charge in [0.1, 0.15) is 0 Å². The highest BCUT2D eigenvalue weighted by molar-refractivity contribution is 7.09. The van der Waals surface area contributed by atoms with Crippen molar-refractivity contribution in [2.75, 3.05) is 36.0 Å². The summed E-state index contributed by atoms with van der Waals surface area (Å²) in [5.41, 5.74) is 1.46. The van der Waals surface area contributed by atoms with Gasteiger partial charge < -0.3 is 9.80 Å². The molecular weight excluding hydrogens is 380 g/mol. The number of pyridine rings is 1. The highest BCUT2D eigenvalue weighted by Gasteiger charge is 2.21. The normalized spacial score (nSPS) is 14.7. The molecule has 1 aliphatic rings. The highest BCUT2D eigenvalue weighted by Crippen LogP contribution is 2.27. The van der Waals surface area contributed by atoms with Crippen LogP contribution in [0.4, 0.5) is 19.6 Å². The third-order valence-corrected chi connectivity index (χ3v) is 5.18. The lowest BCUT2D eigenvalue weighted by Gasteiger charge is -2.35. The Labute approximate surface area is 158 Å². The Balaban J connectivity index is 1.44. The average Bonchev–Trinajstić information content (AvgIpc) is 3.14. The van der Waals surface area contributed by atoms with Gasteiger partial charge in [0.25, 0.3) is 0 Å². The zero-order chi connectivity index (χ0) is 18.1. The topological polar surface area (TPSA) is 45.2 Å². The fraction of sp³-hybridized carbons (Fsp3) is 0.235. The number of hydrogen-bond donors (Lipinski definition) is 0. The maximum Gasteiger partial charge on any atom is 0.205 e. The van der Waals surface area contributed by atoms with Gasteiger partial charge in [-0.05, 0) is 18.2 Å². The van der Waals surface area contributed by atoms with Gasteiger partial charge in [0.05, 0.1) is 5.02 Å². The lowest BCUT2D eigenvalue weighted by Crippen LogP contribution is -2.46. The molecule has 1 aromatic carbocycles. The van der Waals surface area contributed by atoms with Crippen molar-refractivity contribution in [3.63, 3.8) is 0 Å². The van der Waals surface area contributed by atoms with Crippen LogP contribution in [0.2, 0.25) is 5.02 Å². The minimum atomic E-state index is -0.829. The first-order valence-corrected chi connectivity index (χ1v) is 9.15. The first-order chi connectivity index (χ1) is 12.6. The summed E-state index contributed by atoms with van der Waals surface area (Å²) in [6.07, 6.45) is 3.24. The van der Waals surface area contributed by atoms with E-state index in [1.807, 2.05) is 4.90 Å². The Hall–Kier alpha value is -2.32. The van der Waals surface area contributed by atoms with Gasteiger partial charge in [0.15, 0.2) is 17.5 Å². The molecule has 4 rings (SSSR count). The van der Waals surface area contributed by atoms with Crippen LogP contribution in [-0.2, 0) is 0 Å². The van der Waals surface area contributed by atoms with E-state index < -0.39 is 11.6 Å². The number of halogens is 3. The molecule has 1 saturated heterocycles. The van der Waals surface area contributed by atoms with E-state index in [1.54, 1.807) is 24.5 Å². The van der Waals surface area contributed by atoms with Gasteiger partial charge in [-0.15, -0.1) is 0 Å². The lowest BCUT2D eigenvalue weighted by atomic mass is 10.2. The Morgan fingerprint density at radius 3 is 2.46 bits per heavy atom. The molecule has 3 heterocycles. The first kappa shape index (κ1) is 17.1. The minimum absolute atomic E-state index is 0.541. The molecule has 0 atom stereocenters. The zero-order valence-corrected chi connectivity index (χ0v) is 15.1. The predicted octanol–water partition coefficient (Wildman–Crippen LogP) is 3.86. The fourth-order valence-corrected chi connectivity index (χ4v) is 3.75. The molecule has 0 saturated carbocycles. The van der Waals surface area contributed by atoms with Crippen LogP contribution < -0.4 is 9.80 Å². The van der Waals surface area contributed by atoms with E-state index >= 15 is 0 Å². The van der Waals surface area contributed by atoms with Crippen molar-refractivity contribution in [2.45, 2.75) is 0 Å². The molecule has 0 radical (unpaired) electrons. The second kappa shape index (κ2) is 7.13. The molecule has 134 valence electrons. The smallest absolute Gasteiger partial charge is 0.205 e. The number of piperazine rings is 1. The van der Waals surface area contributed by atoms with Crippen LogP contribution in [0.5, 0.6) is 0 Å². The number of aromatic nitrogens is 3. The second-order valence-corrected chi connectivity index (χ2v) is 7.03. The maximum atomic E-state index is 13.4. The fourth-order valence-electron chi connectivity index (χ4n) is 2.83. The van der Waals surface area contributed by atoms with E-state index in [-0.39, 0.29) is 0 Å². The zero-order valence-electron chi connectivity index (χ0n) is 13.6. The first-order valence-electron chi connectivity index (χ1n) is 8.00. The predicted molar refractivity (Wildman–Crippen MR) is 98.9 cm³/mol. The summed E-state index contributed by atoms with van der Waals surface area (Å²) >= 11 is 7.29. The second-order valence-electron chi connectivity index (χ2n) is 5.86. The minimum Gasteiger partial charge on any atom is -0.368 e. The van der Waals surface area contributed by atoms with Gasteiger partial charge in [-0.3, -0.25) is 4.98 Å². The molecule has 0 amide bonds. The van der Waals surface area contributed by atoms with Crippen LogP contribution in [0, 0.1) is 11.6 Å². The summed E-state index contributed by atoms with van der Waals surface area (Å²) in [5.74, 6) is -1.05. The van der Waals surface area contributed by atoms with Crippen LogP contribution in [0.1, 0.15) is 0 Å². The molecule has 2 aromatic heterocycles. The molecule has 3 aromatic rings. The van der Waals surface area contributed by atoms with Crippen LogP contribution in [0.3, 0.4) is 0 Å². The van der Waals surface area contributed by atoms with Crippen molar-refractivity contribution >= 4 is 34.0 Å². The molecular formula is C17H14ClF2N5S. The van der Waals surface area contributed by atoms with Gasteiger partial charge in [0.2, 0.25) is 5.13 Å². The summed E-state index contributed by atoms with van der Waals surface area (Å²) < 4.78 is 30.9. The largest absolute Gasteiger partial charge is 0.368 e. The van der Waals surface area contributed by atoms with E-state index in [9.17, 15) is 8.78 Å². The summed E-state index contributed by atoms with van der Waals surface area (Å²) in [6, 6.07) is 5.78. The van der Waals surface area contributed by atoms with E-state index in [2.05, 4.69) is 19.2 Å². The van der Waals surface area contributed by atoms with Crippen LogP contribution in [-0.4, -0.2) is 40.5 Å². The number of hydrogen-bond acceptors (Lipinski definition) is 6. The maximum absolute atomic E-state index is 13.4. The molecule has 0 aliphatic carbocycles. The number of benzene rings is 1. The lowest BCUT2D eigenvalue weighted by molar-refractivity contribution is 0.507. The summed E-state index contributed by atoms with van der Waals surface area (Å²) in [5, 5.41) is 1.36. The van der Waals surface area contributed by atoms with E-state index in [1.165, 1.54) is 17.6 Å². The standard InChI is InChI=1S/C17H14ClF2N5S/c18-12-7-11(9-21-10-12)16-22-17(26-23-16)25-5-3-24(4-6-25)13-1-2-14(19)15(20)8-13/h1-2,7-10H,3-6H2. The van der Waals surface area contributed by atoms with Gasteiger partial charge >= 0.3 is 0 Å². The SMILES string of the molecule is Fc1ccc(N2CCN(c3nc(-c4cncc(Cl)c4)ns3)CC2)cc1F. The summed E-state index contributed by atoms with van der Waals surface area (Å²) in [7, 11) is 0. The number of rotatable bonds is 3. The molecule has 1 fully saturated rings. The third kappa shape index (κ3) is 3.47.